The second kappa shape index (κ2) is 8.20. The van der Waals surface area contributed by atoms with Crippen LogP contribution in [0.3, 0.4) is 0 Å². The monoisotopic (exact) mass is 321 g/mol. The predicted octanol–water partition coefficient (Wildman–Crippen LogP) is 1.54. The van der Waals surface area contributed by atoms with Gasteiger partial charge in [-0.3, -0.25) is 4.90 Å². The highest BCUT2D eigenvalue weighted by atomic mass is 19.1. The number of likely N-dealkylation sites (tertiary alicyclic amines) is 1. The summed E-state index contributed by atoms with van der Waals surface area (Å²) in [5, 5.41) is 3.27. The summed E-state index contributed by atoms with van der Waals surface area (Å²) in [7, 11) is 1.98. The molecule has 2 fully saturated rings. The number of hydrogen-bond donors (Lipinski definition) is 1. The van der Waals surface area contributed by atoms with E-state index in [-0.39, 0.29) is 5.82 Å². The van der Waals surface area contributed by atoms with E-state index < -0.39 is 0 Å². The molecule has 1 N–H and O–H groups in total. The molecule has 23 heavy (non-hydrogen) atoms. The first-order valence-electron chi connectivity index (χ1n) is 8.70. The Balaban J connectivity index is 1.44. The minimum atomic E-state index is -0.159. The first-order valence-corrected chi connectivity index (χ1v) is 8.70. The summed E-state index contributed by atoms with van der Waals surface area (Å²) in [4.78, 5) is 5.09. The molecular formula is C18H28FN3O. The fourth-order valence-electron chi connectivity index (χ4n) is 3.61. The summed E-state index contributed by atoms with van der Waals surface area (Å²) in [6.07, 6.45) is 1.11. The Morgan fingerprint density at radius 2 is 1.91 bits per heavy atom. The molecule has 0 saturated carbocycles. The summed E-state index contributed by atoms with van der Waals surface area (Å²) in [5.41, 5.74) is 1.23. The van der Waals surface area contributed by atoms with Gasteiger partial charge in [0.25, 0.3) is 0 Å². The van der Waals surface area contributed by atoms with Crippen LogP contribution in [0.4, 0.5) is 4.39 Å². The normalized spacial score (nSPS) is 22.0. The molecule has 4 nitrogen and oxygen atoms in total. The molecule has 2 saturated heterocycles. The van der Waals surface area contributed by atoms with Gasteiger partial charge in [-0.15, -0.1) is 0 Å². The Morgan fingerprint density at radius 1 is 1.22 bits per heavy atom. The fourth-order valence-corrected chi connectivity index (χ4v) is 3.61. The zero-order valence-electron chi connectivity index (χ0n) is 14.0. The van der Waals surface area contributed by atoms with Crippen molar-refractivity contribution < 1.29 is 9.13 Å². The van der Waals surface area contributed by atoms with Crippen molar-refractivity contribution in [2.24, 2.45) is 0 Å². The lowest BCUT2D eigenvalue weighted by molar-refractivity contribution is -0.0325. The highest BCUT2D eigenvalue weighted by Crippen LogP contribution is 2.23. The minimum Gasteiger partial charge on any atom is -0.379 e. The second-order valence-corrected chi connectivity index (χ2v) is 6.66. The zero-order valence-corrected chi connectivity index (χ0v) is 14.0. The van der Waals surface area contributed by atoms with Crippen LogP contribution in [0.2, 0.25) is 0 Å². The summed E-state index contributed by atoms with van der Waals surface area (Å²) in [6.45, 7) is 8.33. The van der Waals surface area contributed by atoms with Crippen molar-refractivity contribution in [1.29, 1.82) is 0 Å². The molecule has 0 aliphatic carbocycles. The van der Waals surface area contributed by atoms with Gasteiger partial charge in [0.05, 0.1) is 13.2 Å². The van der Waals surface area contributed by atoms with Crippen LogP contribution in [0, 0.1) is 5.82 Å². The number of rotatable bonds is 7. The summed E-state index contributed by atoms with van der Waals surface area (Å²) in [5.74, 6) is 0.288. The van der Waals surface area contributed by atoms with Crippen LogP contribution < -0.4 is 5.32 Å². The first kappa shape index (κ1) is 16.8. The second-order valence-electron chi connectivity index (χ2n) is 6.66. The maximum Gasteiger partial charge on any atom is 0.123 e. The van der Waals surface area contributed by atoms with Gasteiger partial charge in [0.2, 0.25) is 0 Å². The lowest BCUT2D eigenvalue weighted by Crippen LogP contribution is -2.61. The van der Waals surface area contributed by atoms with Gasteiger partial charge in [-0.05, 0) is 43.6 Å². The van der Waals surface area contributed by atoms with Crippen LogP contribution in [0.1, 0.15) is 17.9 Å². The SMILES string of the molecule is CNCC(CCN1CC(N2CCOCC2)C1)c1ccc(F)cc1. The standard InChI is InChI=1S/C18H28FN3O/c1-20-12-16(15-2-4-17(19)5-3-15)6-7-21-13-18(14-21)22-8-10-23-11-9-22/h2-5,16,18,20H,6-14H2,1H3. The van der Waals surface area contributed by atoms with Crippen LogP contribution >= 0.6 is 0 Å². The number of halogens is 1. The van der Waals surface area contributed by atoms with Crippen LogP contribution in [-0.4, -0.2) is 75.4 Å². The molecule has 128 valence electrons. The molecule has 1 atom stereocenters. The van der Waals surface area contributed by atoms with Crippen molar-refractivity contribution in [2.45, 2.75) is 18.4 Å². The van der Waals surface area contributed by atoms with Gasteiger partial charge in [0.15, 0.2) is 0 Å². The molecule has 2 aliphatic heterocycles. The van der Waals surface area contributed by atoms with Crippen LogP contribution in [-0.2, 0) is 4.74 Å². The fraction of sp³-hybridized carbons (Fsp3) is 0.667. The molecule has 1 aromatic rings. The van der Waals surface area contributed by atoms with E-state index in [9.17, 15) is 4.39 Å². The molecule has 0 bridgehead atoms. The van der Waals surface area contributed by atoms with E-state index >= 15 is 0 Å². The minimum absolute atomic E-state index is 0.159. The molecule has 1 unspecified atom stereocenters. The summed E-state index contributed by atoms with van der Waals surface area (Å²) in [6, 6.07) is 7.69. The van der Waals surface area contributed by atoms with Gasteiger partial charge in [0.1, 0.15) is 5.82 Å². The maximum absolute atomic E-state index is 13.1. The topological polar surface area (TPSA) is 27.7 Å². The average molecular weight is 321 g/mol. The van der Waals surface area contributed by atoms with E-state index in [2.05, 4.69) is 15.1 Å². The lowest BCUT2D eigenvalue weighted by atomic mass is 9.94. The Kier molecular flexibility index (Phi) is 6.00. The molecule has 0 aromatic heterocycles. The van der Waals surface area contributed by atoms with Gasteiger partial charge < -0.3 is 15.0 Å². The van der Waals surface area contributed by atoms with Crippen molar-refractivity contribution in [3.8, 4) is 0 Å². The van der Waals surface area contributed by atoms with E-state index in [1.165, 1.54) is 18.7 Å². The highest BCUT2D eigenvalue weighted by molar-refractivity contribution is 5.21. The van der Waals surface area contributed by atoms with E-state index in [1.54, 1.807) is 12.1 Å². The molecular weight excluding hydrogens is 293 g/mol. The zero-order chi connectivity index (χ0) is 16.1. The van der Waals surface area contributed by atoms with E-state index in [1.807, 2.05) is 19.2 Å². The first-order chi connectivity index (χ1) is 11.3. The third-order valence-corrected chi connectivity index (χ3v) is 5.09. The van der Waals surface area contributed by atoms with Gasteiger partial charge >= 0.3 is 0 Å². The number of likely N-dealkylation sites (N-methyl/N-ethyl adjacent to an activating group) is 1. The number of ether oxygens (including phenoxy) is 1. The van der Waals surface area contributed by atoms with Crippen molar-refractivity contribution in [3.05, 3.63) is 35.6 Å². The molecule has 0 spiro atoms. The highest BCUT2D eigenvalue weighted by Gasteiger charge is 2.32. The van der Waals surface area contributed by atoms with Crippen LogP contribution in [0.25, 0.3) is 0 Å². The van der Waals surface area contributed by atoms with Crippen molar-refractivity contribution in [2.75, 3.05) is 59.5 Å². The lowest BCUT2D eigenvalue weighted by Gasteiger charge is -2.47. The molecule has 2 heterocycles. The third-order valence-electron chi connectivity index (χ3n) is 5.09. The van der Waals surface area contributed by atoms with Crippen molar-refractivity contribution >= 4 is 0 Å². The van der Waals surface area contributed by atoms with E-state index in [4.69, 9.17) is 4.74 Å². The maximum atomic E-state index is 13.1. The number of nitrogens with one attached hydrogen (secondary N) is 1. The summed E-state index contributed by atoms with van der Waals surface area (Å²) < 4.78 is 18.5. The smallest absolute Gasteiger partial charge is 0.123 e. The molecule has 1 aromatic carbocycles. The van der Waals surface area contributed by atoms with Gasteiger partial charge in [-0.25, -0.2) is 4.39 Å². The number of morpholine rings is 1. The quantitative estimate of drug-likeness (QED) is 0.824. The van der Waals surface area contributed by atoms with E-state index in [0.717, 1.165) is 45.8 Å². The Morgan fingerprint density at radius 3 is 2.57 bits per heavy atom. The van der Waals surface area contributed by atoms with Gasteiger partial charge in [-0.2, -0.15) is 0 Å². The molecule has 2 aliphatic rings. The molecule has 5 heteroatoms. The van der Waals surface area contributed by atoms with Gasteiger partial charge in [0, 0.05) is 38.8 Å². The predicted molar refractivity (Wildman–Crippen MR) is 90.3 cm³/mol. The average Bonchev–Trinajstić information content (AvgIpc) is 2.54. The van der Waals surface area contributed by atoms with Crippen LogP contribution in [0.15, 0.2) is 24.3 Å². The molecule has 0 amide bonds. The Hall–Kier alpha value is -1.01. The summed E-state index contributed by atoms with van der Waals surface area (Å²) >= 11 is 0. The van der Waals surface area contributed by atoms with Crippen molar-refractivity contribution in [3.63, 3.8) is 0 Å². The number of hydrogen-bond acceptors (Lipinski definition) is 4. The van der Waals surface area contributed by atoms with Crippen LogP contribution in [0.5, 0.6) is 0 Å². The molecule has 0 radical (unpaired) electrons. The van der Waals surface area contributed by atoms with E-state index in [0.29, 0.717) is 12.0 Å². The Labute approximate surface area is 138 Å². The number of benzene rings is 1. The van der Waals surface area contributed by atoms with Crippen molar-refractivity contribution in [1.82, 2.24) is 15.1 Å². The molecule has 3 rings (SSSR count). The van der Waals surface area contributed by atoms with Gasteiger partial charge in [-0.1, -0.05) is 12.1 Å². The largest absolute Gasteiger partial charge is 0.379 e. The third kappa shape index (κ3) is 4.51. The number of nitrogens with zero attached hydrogens (tertiary/aromatic N) is 2. The Bertz CT molecular complexity index is 470.